The Balaban J connectivity index is 2.01. The second kappa shape index (κ2) is 4.27. The Kier molecular flexibility index (Phi) is 2.82. The molecule has 15 heavy (non-hydrogen) atoms. The van der Waals surface area contributed by atoms with Crippen LogP contribution in [0.2, 0.25) is 0 Å². The molecule has 2 rings (SSSR count). The lowest BCUT2D eigenvalue weighted by Gasteiger charge is -2.27. The first-order valence-corrected chi connectivity index (χ1v) is 4.94. The maximum absolute atomic E-state index is 11.5. The van der Waals surface area contributed by atoms with Gasteiger partial charge in [0.05, 0.1) is 6.54 Å². The van der Waals surface area contributed by atoms with Crippen LogP contribution in [0.3, 0.4) is 0 Å². The fraction of sp³-hybridized carbons (Fsp3) is 0.400. The van der Waals surface area contributed by atoms with E-state index in [9.17, 15) is 4.79 Å². The molecule has 0 spiro atoms. The van der Waals surface area contributed by atoms with Crippen molar-refractivity contribution in [3.63, 3.8) is 0 Å². The lowest BCUT2D eigenvalue weighted by atomic mass is 10.2. The molecule has 2 heterocycles. The quantitative estimate of drug-likeness (QED) is 0.690. The normalized spacial score (nSPS) is 16.8. The predicted octanol–water partition coefficient (Wildman–Crippen LogP) is -0.404. The van der Waals surface area contributed by atoms with Crippen LogP contribution < -0.4 is 11.1 Å². The molecule has 1 aromatic rings. The van der Waals surface area contributed by atoms with E-state index in [2.05, 4.69) is 10.3 Å². The number of nitrogens with two attached hydrogens (primary N) is 1. The summed E-state index contributed by atoms with van der Waals surface area (Å²) in [4.78, 5) is 17.3. The van der Waals surface area contributed by atoms with Gasteiger partial charge in [-0.2, -0.15) is 0 Å². The number of hydrogen-bond donors (Lipinski definition) is 2. The van der Waals surface area contributed by atoms with Crippen LogP contribution in [0.5, 0.6) is 0 Å². The summed E-state index contributed by atoms with van der Waals surface area (Å²) in [7, 11) is 0. The van der Waals surface area contributed by atoms with Gasteiger partial charge in [0.1, 0.15) is 5.82 Å². The Morgan fingerprint density at radius 3 is 3.07 bits per heavy atom. The van der Waals surface area contributed by atoms with Crippen molar-refractivity contribution in [3.05, 3.63) is 23.9 Å². The molecule has 80 valence electrons. The lowest BCUT2D eigenvalue weighted by Crippen LogP contribution is -2.47. The Bertz CT molecular complexity index is 349. The van der Waals surface area contributed by atoms with Gasteiger partial charge in [0.2, 0.25) is 5.91 Å². The standard InChI is InChI=1S/C10H14N4O/c11-9-2-1-8(5-13-9)7-14-4-3-12-6-10(14)15/h1-2,5,12H,3-4,6-7H2,(H2,11,13). The molecule has 0 aliphatic carbocycles. The first-order valence-electron chi connectivity index (χ1n) is 4.94. The van der Waals surface area contributed by atoms with Crippen LogP contribution in [-0.4, -0.2) is 35.4 Å². The monoisotopic (exact) mass is 206 g/mol. The maximum atomic E-state index is 11.5. The number of carbonyl (C=O) groups excluding carboxylic acids is 1. The molecule has 1 aromatic heterocycles. The molecular weight excluding hydrogens is 192 g/mol. The van der Waals surface area contributed by atoms with Crippen LogP contribution >= 0.6 is 0 Å². The molecule has 5 heteroatoms. The third kappa shape index (κ3) is 2.44. The summed E-state index contributed by atoms with van der Waals surface area (Å²) in [5.41, 5.74) is 6.50. The Morgan fingerprint density at radius 1 is 1.53 bits per heavy atom. The van der Waals surface area contributed by atoms with E-state index >= 15 is 0 Å². The van der Waals surface area contributed by atoms with Crippen molar-refractivity contribution in [1.29, 1.82) is 0 Å². The van der Waals surface area contributed by atoms with Crippen LogP contribution in [0.25, 0.3) is 0 Å². The molecule has 3 N–H and O–H groups in total. The average molecular weight is 206 g/mol. The summed E-state index contributed by atoms with van der Waals surface area (Å²) < 4.78 is 0. The summed E-state index contributed by atoms with van der Waals surface area (Å²) in [6.07, 6.45) is 1.71. The molecule has 0 aromatic carbocycles. The van der Waals surface area contributed by atoms with Crippen LogP contribution in [0.1, 0.15) is 5.56 Å². The highest BCUT2D eigenvalue weighted by molar-refractivity contribution is 5.78. The molecule has 0 bridgehead atoms. The number of nitrogen functional groups attached to an aromatic ring is 1. The molecule has 1 aliphatic heterocycles. The van der Waals surface area contributed by atoms with Gasteiger partial charge < -0.3 is 16.0 Å². The van der Waals surface area contributed by atoms with Crippen molar-refractivity contribution in [3.8, 4) is 0 Å². The molecule has 0 radical (unpaired) electrons. The Morgan fingerprint density at radius 2 is 2.40 bits per heavy atom. The number of piperazine rings is 1. The smallest absolute Gasteiger partial charge is 0.236 e. The van der Waals surface area contributed by atoms with E-state index in [0.717, 1.165) is 18.7 Å². The van der Waals surface area contributed by atoms with Crippen LogP contribution in [0.4, 0.5) is 5.82 Å². The van der Waals surface area contributed by atoms with E-state index in [1.165, 1.54) is 0 Å². The average Bonchev–Trinajstić information content (AvgIpc) is 2.25. The van der Waals surface area contributed by atoms with Gasteiger partial charge in [0, 0.05) is 25.8 Å². The zero-order valence-corrected chi connectivity index (χ0v) is 8.44. The summed E-state index contributed by atoms with van der Waals surface area (Å²) in [5, 5.41) is 3.03. The van der Waals surface area contributed by atoms with Gasteiger partial charge in [-0.15, -0.1) is 0 Å². The van der Waals surface area contributed by atoms with Crippen molar-refractivity contribution >= 4 is 11.7 Å². The summed E-state index contributed by atoms with van der Waals surface area (Å²) in [6, 6.07) is 3.65. The fourth-order valence-corrected chi connectivity index (χ4v) is 1.56. The summed E-state index contributed by atoms with van der Waals surface area (Å²) in [6.45, 7) is 2.66. The van der Waals surface area contributed by atoms with Crippen LogP contribution in [-0.2, 0) is 11.3 Å². The van der Waals surface area contributed by atoms with E-state index in [1.54, 1.807) is 12.3 Å². The topological polar surface area (TPSA) is 71.2 Å². The van der Waals surface area contributed by atoms with Gasteiger partial charge in [0.15, 0.2) is 0 Å². The second-order valence-corrected chi connectivity index (χ2v) is 3.58. The number of carbonyl (C=O) groups is 1. The minimum Gasteiger partial charge on any atom is -0.384 e. The largest absolute Gasteiger partial charge is 0.384 e. The molecule has 1 fully saturated rings. The van der Waals surface area contributed by atoms with Crippen molar-refractivity contribution in [2.75, 3.05) is 25.4 Å². The number of aromatic nitrogens is 1. The molecule has 0 atom stereocenters. The fourth-order valence-electron chi connectivity index (χ4n) is 1.56. The number of anilines is 1. The zero-order chi connectivity index (χ0) is 10.7. The van der Waals surface area contributed by atoms with Crippen molar-refractivity contribution in [1.82, 2.24) is 15.2 Å². The van der Waals surface area contributed by atoms with Gasteiger partial charge in [0.25, 0.3) is 0 Å². The maximum Gasteiger partial charge on any atom is 0.236 e. The SMILES string of the molecule is Nc1ccc(CN2CCNCC2=O)cn1. The minimum absolute atomic E-state index is 0.137. The minimum atomic E-state index is 0.137. The lowest BCUT2D eigenvalue weighted by molar-refractivity contribution is -0.132. The Labute approximate surface area is 88.3 Å². The van der Waals surface area contributed by atoms with Crippen molar-refractivity contribution in [2.24, 2.45) is 0 Å². The number of amides is 1. The first-order chi connectivity index (χ1) is 7.25. The highest BCUT2D eigenvalue weighted by Crippen LogP contribution is 2.06. The second-order valence-electron chi connectivity index (χ2n) is 3.58. The van der Waals surface area contributed by atoms with Gasteiger partial charge in [-0.05, 0) is 11.6 Å². The molecule has 5 nitrogen and oxygen atoms in total. The summed E-state index contributed by atoms with van der Waals surface area (Å²) >= 11 is 0. The molecule has 1 amide bonds. The van der Waals surface area contributed by atoms with Gasteiger partial charge in [-0.3, -0.25) is 4.79 Å². The molecule has 1 saturated heterocycles. The third-order valence-corrected chi connectivity index (χ3v) is 2.41. The van der Waals surface area contributed by atoms with E-state index in [0.29, 0.717) is 18.9 Å². The van der Waals surface area contributed by atoms with Crippen molar-refractivity contribution < 1.29 is 4.79 Å². The number of pyridine rings is 1. The number of nitrogens with one attached hydrogen (secondary N) is 1. The molecule has 1 aliphatic rings. The van der Waals surface area contributed by atoms with Crippen LogP contribution in [0, 0.1) is 0 Å². The van der Waals surface area contributed by atoms with E-state index in [-0.39, 0.29) is 5.91 Å². The molecular formula is C10H14N4O. The highest BCUT2D eigenvalue weighted by Gasteiger charge is 2.17. The van der Waals surface area contributed by atoms with Gasteiger partial charge >= 0.3 is 0 Å². The Hall–Kier alpha value is -1.62. The zero-order valence-electron chi connectivity index (χ0n) is 8.44. The number of rotatable bonds is 2. The van der Waals surface area contributed by atoms with E-state index in [1.807, 2.05) is 11.0 Å². The molecule has 0 unspecified atom stereocenters. The number of hydrogen-bond acceptors (Lipinski definition) is 4. The first kappa shape index (κ1) is 9.92. The van der Waals surface area contributed by atoms with Crippen molar-refractivity contribution in [2.45, 2.75) is 6.54 Å². The van der Waals surface area contributed by atoms with E-state index in [4.69, 9.17) is 5.73 Å². The number of nitrogens with zero attached hydrogens (tertiary/aromatic N) is 2. The van der Waals surface area contributed by atoms with E-state index < -0.39 is 0 Å². The van der Waals surface area contributed by atoms with Gasteiger partial charge in [-0.1, -0.05) is 6.07 Å². The van der Waals surface area contributed by atoms with Gasteiger partial charge in [-0.25, -0.2) is 4.98 Å². The third-order valence-electron chi connectivity index (χ3n) is 2.41. The summed E-state index contributed by atoms with van der Waals surface area (Å²) in [5.74, 6) is 0.642. The highest BCUT2D eigenvalue weighted by atomic mass is 16.2. The molecule has 0 saturated carbocycles. The van der Waals surface area contributed by atoms with Crippen LogP contribution in [0.15, 0.2) is 18.3 Å². The predicted molar refractivity (Wildman–Crippen MR) is 56.9 cm³/mol.